The van der Waals surface area contributed by atoms with Crippen molar-refractivity contribution in [2.45, 2.75) is 0 Å². The van der Waals surface area contributed by atoms with Gasteiger partial charge in [-0.25, -0.2) is 0 Å². The number of methoxy groups -OCH3 is 3. The van der Waals surface area contributed by atoms with E-state index < -0.39 is 0 Å². The van der Waals surface area contributed by atoms with E-state index in [-0.39, 0.29) is 6.79 Å². The van der Waals surface area contributed by atoms with Crippen LogP contribution in [0.2, 0.25) is 0 Å². The first-order chi connectivity index (χ1) is 12.8. The Morgan fingerprint density at radius 2 is 1.65 bits per heavy atom. The number of fused-ring (bicyclic) bond motifs is 1. The predicted octanol–water partition coefficient (Wildman–Crippen LogP) is 3.76. The maximum absolute atomic E-state index is 5.59. The molecule has 26 heavy (non-hydrogen) atoms. The van der Waals surface area contributed by atoms with Gasteiger partial charge in [0.1, 0.15) is 5.75 Å². The molecule has 0 saturated carbocycles. The van der Waals surface area contributed by atoms with E-state index in [4.69, 9.17) is 28.2 Å². The molecule has 2 aromatic carbocycles. The zero-order valence-corrected chi connectivity index (χ0v) is 14.6. The Hall–Kier alpha value is -3.35. The lowest BCUT2D eigenvalue weighted by Crippen LogP contribution is -1.94. The van der Waals surface area contributed by atoms with Gasteiger partial charge in [0, 0.05) is 11.1 Å². The third-order valence-electron chi connectivity index (χ3n) is 4.20. The smallest absolute Gasteiger partial charge is 0.231 e. The van der Waals surface area contributed by atoms with Gasteiger partial charge in [0.2, 0.25) is 18.3 Å². The first kappa shape index (κ1) is 16.1. The number of rotatable bonds is 5. The van der Waals surface area contributed by atoms with Crippen LogP contribution in [0.25, 0.3) is 22.5 Å². The van der Waals surface area contributed by atoms with Crippen LogP contribution in [-0.2, 0) is 0 Å². The van der Waals surface area contributed by atoms with Crippen LogP contribution in [0, 0.1) is 0 Å². The molecule has 3 aromatic rings. The predicted molar refractivity (Wildman–Crippen MR) is 93.2 cm³/mol. The van der Waals surface area contributed by atoms with Gasteiger partial charge >= 0.3 is 0 Å². The first-order valence-corrected chi connectivity index (χ1v) is 7.91. The monoisotopic (exact) mass is 355 g/mol. The fourth-order valence-electron chi connectivity index (χ4n) is 2.95. The highest BCUT2D eigenvalue weighted by Gasteiger charge is 2.29. The van der Waals surface area contributed by atoms with Crippen molar-refractivity contribution in [2.24, 2.45) is 0 Å². The average Bonchev–Trinajstić information content (AvgIpc) is 3.36. The van der Waals surface area contributed by atoms with Crippen molar-refractivity contribution in [2.75, 3.05) is 28.1 Å². The Balaban J connectivity index is 1.88. The van der Waals surface area contributed by atoms with E-state index >= 15 is 0 Å². The van der Waals surface area contributed by atoms with Crippen molar-refractivity contribution in [3.63, 3.8) is 0 Å². The van der Waals surface area contributed by atoms with E-state index in [0.29, 0.717) is 28.8 Å². The molecule has 1 aliphatic rings. The maximum Gasteiger partial charge on any atom is 0.231 e. The Kier molecular flexibility index (Phi) is 4.04. The molecule has 7 heteroatoms. The van der Waals surface area contributed by atoms with Crippen LogP contribution < -0.4 is 23.7 Å². The Morgan fingerprint density at radius 1 is 0.885 bits per heavy atom. The molecular formula is C19H17NO6. The van der Waals surface area contributed by atoms with Crippen molar-refractivity contribution < 1.29 is 28.2 Å². The molecule has 134 valence electrons. The molecule has 4 rings (SSSR count). The summed E-state index contributed by atoms with van der Waals surface area (Å²) in [7, 11) is 4.78. The molecule has 0 radical (unpaired) electrons. The van der Waals surface area contributed by atoms with Crippen molar-refractivity contribution in [1.29, 1.82) is 0 Å². The minimum Gasteiger partial charge on any atom is -0.497 e. The minimum atomic E-state index is 0.112. The molecule has 1 aromatic heterocycles. The molecule has 7 nitrogen and oxygen atoms in total. The summed E-state index contributed by atoms with van der Waals surface area (Å²) in [5.41, 5.74) is 2.35. The van der Waals surface area contributed by atoms with Crippen molar-refractivity contribution in [1.82, 2.24) is 5.16 Å². The summed E-state index contributed by atoms with van der Waals surface area (Å²) in [5, 5.41) is 3.97. The summed E-state index contributed by atoms with van der Waals surface area (Å²) in [6.07, 6.45) is 1.64. The number of hydrogen-bond acceptors (Lipinski definition) is 7. The van der Waals surface area contributed by atoms with Gasteiger partial charge in [-0.15, -0.1) is 0 Å². The van der Waals surface area contributed by atoms with E-state index in [1.165, 1.54) is 0 Å². The molecule has 2 heterocycles. The lowest BCUT2D eigenvalue weighted by Gasteiger charge is -2.13. The molecular weight excluding hydrogens is 338 g/mol. The third-order valence-corrected chi connectivity index (χ3v) is 4.20. The third kappa shape index (κ3) is 2.48. The average molecular weight is 355 g/mol. The molecule has 0 aliphatic carbocycles. The second-order valence-corrected chi connectivity index (χ2v) is 5.52. The molecule has 0 atom stereocenters. The molecule has 0 spiro atoms. The summed E-state index contributed by atoms with van der Waals surface area (Å²) in [6, 6.07) is 9.35. The van der Waals surface area contributed by atoms with Gasteiger partial charge in [0.15, 0.2) is 17.3 Å². The van der Waals surface area contributed by atoms with Crippen molar-refractivity contribution in [3.8, 4) is 51.2 Å². The first-order valence-electron chi connectivity index (χ1n) is 7.91. The highest BCUT2D eigenvalue weighted by Crippen LogP contribution is 2.53. The van der Waals surface area contributed by atoms with Gasteiger partial charge in [-0.1, -0.05) is 5.16 Å². The van der Waals surface area contributed by atoms with E-state index in [0.717, 1.165) is 22.4 Å². The Bertz CT molecular complexity index is 932. The summed E-state index contributed by atoms with van der Waals surface area (Å²) in [6.45, 7) is 0.112. The summed E-state index contributed by atoms with van der Waals surface area (Å²) in [4.78, 5) is 0. The molecule has 0 fully saturated rings. The topological polar surface area (TPSA) is 72.2 Å². The fraction of sp³-hybridized carbons (Fsp3) is 0.211. The van der Waals surface area contributed by atoms with Crippen LogP contribution in [0.1, 0.15) is 0 Å². The molecule has 0 bridgehead atoms. The fourth-order valence-corrected chi connectivity index (χ4v) is 2.95. The largest absolute Gasteiger partial charge is 0.497 e. The number of aromatic nitrogens is 1. The van der Waals surface area contributed by atoms with Crippen LogP contribution in [0.5, 0.6) is 28.7 Å². The van der Waals surface area contributed by atoms with Crippen molar-refractivity contribution in [3.05, 3.63) is 36.5 Å². The van der Waals surface area contributed by atoms with E-state index in [1.54, 1.807) is 27.5 Å². The number of nitrogens with zero attached hydrogens (tertiary/aromatic N) is 1. The maximum atomic E-state index is 5.59. The number of benzene rings is 2. The second-order valence-electron chi connectivity index (χ2n) is 5.52. The lowest BCUT2D eigenvalue weighted by molar-refractivity contribution is 0.168. The minimum absolute atomic E-state index is 0.112. The van der Waals surface area contributed by atoms with Crippen molar-refractivity contribution >= 4 is 0 Å². The zero-order valence-electron chi connectivity index (χ0n) is 14.6. The van der Waals surface area contributed by atoms with Gasteiger partial charge < -0.3 is 28.2 Å². The SMILES string of the molecule is COc1ccc(-c2oncc2-c2cc(OC)c3c(c2OC)OCO3)cc1. The van der Waals surface area contributed by atoms with Crippen LogP contribution in [0.3, 0.4) is 0 Å². The summed E-state index contributed by atoms with van der Waals surface area (Å²) in [5.74, 6) is 3.48. The van der Waals surface area contributed by atoms with Gasteiger partial charge in [-0.2, -0.15) is 0 Å². The number of ether oxygens (including phenoxy) is 5. The van der Waals surface area contributed by atoms with Crippen LogP contribution in [0.4, 0.5) is 0 Å². The molecule has 0 unspecified atom stereocenters. The van der Waals surface area contributed by atoms with Gasteiger partial charge in [0.25, 0.3) is 0 Å². The van der Waals surface area contributed by atoms with Gasteiger partial charge in [-0.05, 0) is 30.3 Å². The molecule has 0 N–H and O–H groups in total. The van der Waals surface area contributed by atoms with Gasteiger partial charge in [0.05, 0.1) is 33.1 Å². The molecule has 0 amide bonds. The Labute approximate surface area is 150 Å². The highest BCUT2D eigenvalue weighted by molar-refractivity contribution is 5.86. The molecule has 0 saturated heterocycles. The van der Waals surface area contributed by atoms with E-state index in [9.17, 15) is 0 Å². The Morgan fingerprint density at radius 3 is 2.35 bits per heavy atom. The van der Waals surface area contributed by atoms with Crippen LogP contribution >= 0.6 is 0 Å². The van der Waals surface area contributed by atoms with E-state index in [1.807, 2.05) is 30.3 Å². The molecule has 1 aliphatic heterocycles. The standard InChI is InChI=1S/C19H17NO6/c1-21-12-6-4-11(5-7-12)16-14(9-20-26-16)13-8-15(22-2)18-19(17(13)23-3)25-10-24-18/h4-9H,10H2,1-3H3. The highest BCUT2D eigenvalue weighted by atomic mass is 16.7. The summed E-state index contributed by atoms with van der Waals surface area (Å²) >= 11 is 0. The summed E-state index contributed by atoms with van der Waals surface area (Å²) < 4.78 is 32.8. The number of hydrogen-bond donors (Lipinski definition) is 0. The normalized spacial score (nSPS) is 12.1. The van der Waals surface area contributed by atoms with Crippen LogP contribution in [0.15, 0.2) is 41.1 Å². The lowest BCUT2D eigenvalue weighted by atomic mass is 10.0. The van der Waals surface area contributed by atoms with E-state index in [2.05, 4.69) is 5.16 Å². The quantitative estimate of drug-likeness (QED) is 0.690. The second kappa shape index (κ2) is 6.51. The van der Waals surface area contributed by atoms with Crippen LogP contribution in [-0.4, -0.2) is 33.3 Å². The van der Waals surface area contributed by atoms with Gasteiger partial charge in [-0.3, -0.25) is 0 Å². The zero-order chi connectivity index (χ0) is 18.1.